The number of hydrogen-bond acceptors (Lipinski definition) is 4. The maximum atomic E-state index is 11.0. The lowest BCUT2D eigenvalue weighted by molar-refractivity contribution is -0.384. The number of nitro groups is 1. The number of benzene rings is 1. The third-order valence-corrected chi connectivity index (χ3v) is 3.28. The summed E-state index contributed by atoms with van der Waals surface area (Å²) in [6.45, 7) is 4.64. The predicted octanol–water partition coefficient (Wildman–Crippen LogP) is 4.06. The number of halogens is 1. The minimum Gasteiger partial charge on any atom is -0.350 e. The van der Waals surface area contributed by atoms with Crippen LogP contribution in [0.25, 0.3) is 0 Å². The molecule has 21 heavy (non-hydrogen) atoms. The summed E-state index contributed by atoms with van der Waals surface area (Å²) in [6, 6.07) is 12.7. The number of pyridine rings is 1. The van der Waals surface area contributed by atoms with Gasteiger partial charge in [0.05, 0.1) is 17.1 Å². The van der Waals surface area contributed by atoms with Gasteiger partial charge < -0.3 is 4.90 Å². The highest BCUT2D eigenvalue weighted by molar-refractivity contribution is 6.29. The Morgan fingerprint density at radius 1 is 1.29 bits per heavy atom. The van der Waals surface area contributed by atoms with E-state index in [1.165, 1.54) is 12.1 Å². The molecule has 1 aromatic carbocycles. The van der Waals surface area contributed by atoms with Crippen molar-refractivity contribution in [3.8, 4) is 0 Å². The molecule has 0 saturated heterocycles. The molecule has 2 aromatic rings. The van der Waals surface area contributed by atoms with E-state index in [1.807, 2.05) is 49.1 Å². The minimum absolute atomic E-state index is 0.0521. The van der Waals surface area contributed by atoms with E-state index in [0.29, 0.717) is 12.4 Å². The van der Waals surface area contributed by atoms with Gasteiger partial charge in [-0.25, -0.2) is 4.98 Å². The van der Waals surface area contributed by atoms with Crippen molar-refractivity contribution in [3.05, 3.63) is 63.3 Å². The Hall–Kier alpha value is -2.14. The second kappa shape index (κ2) is 6.54. The molecule has 6 heteroatoms. The average molecular weight is 306 g/mol. The molecule has 110 valence electrons. The third-order valence-electron chi connectivity index (χ3n) is 3.09. The summed E-state index contributed by atoms with van der Waals surface area (Å²) >= 11 is 5.90. The highest BCUT2D eigenvalue weighted by atomic mass is 35.5. The van der Waals surface area contributed by atoms with Crippen LogP contribution in [0.15, 0.2) is 42.5 Å². The van der Waals surface area contributed by atoms with E-state index < -0.39 is 4.92 Å². The lowest BCUT2D eigenvalue weighted by Gasteiger charge is -2.28. The Labute approximate surface area is 128 Å². The highest BCUT2D eigenvalue weighted by Gasteiger charge is 2.17. The molecule has 0 radical (unpaired) electrons. The van der Waals surface area contributed by atoms with Crippen LogP contribution in [0.1, 0.15) is 19.4 Å². The van der Waals surface area contributed by atoms with Gasteiger partial charge in [0.15, 0.2) is 0 Å². The second-order valence-corrected chi connectivity index (χ2v) is 5.36. The van der Waals surface area contributed by atoms with Crippen molar-refractivity contribution in [2.24, 2.45) is 0 Å². The molecule has 0 aliphatic carbocycles. The monoisotopic (exact) mass is 305 g/mol. The standard InChI is InChI=1S/C15H16ClN3O2/c1-11(2)18(10-12-6-4-3-5-7-12)15-9-13(19(20)21)8-14(16)17-15/h3-9,11H,10H2,1-2H3. The molecule has 0 aliphatic rings. The van der Waals surface area contributed by atoms with Gasteiger partial charge in [0, 0.05) is 12.6 Å². The molecule has 0 spiro atoms. The van der Waals surface area contributed by atoms with Crippen molar-refractivity contribution in [1.82, 2.24) is 4.98 Å². The van der Waals surface area contributed by atoms with Crippen LogP contribution in [-0.4, -0.2) is 15.9 Å². The van der Waals surface area contributed by atoms with Gasteiger partial charge in [0.1, 0.15) is 11.0 Å². The van der Waals surface area contributed by atoms with Gasteiger partial charge in [0.2, 0.25) is 0 Å². The molecule has 0 saturated carbocycles. The van der Waals surface area contributed by atoms with Crippen LogP contribution in [0, 0.1) is 10.1 Å². The van der Waals surface area contributed by atoms with Crippen LogP contribution in [0.2, 0.25) is 5.15 Å². The van der Waals surface area contributed by atoms with E-state index in [2.05, 4.69) is 4.98 Å². The normalized spacial score (nSPS) is 10.7. The van der Waals surface area contributed by atoms with Gasteiger partial charge in [-0.2, -0.15) is 0 Å². The maximum Gasteiger partial charge on any atom is 0.276 e. The van der Waals surface area contributed by atoms with Crippen molar-refractivity contribution in [3.63, 3.8) is 0 Å². The Balaban J connectivity index is 2.36. The summed E-state index contributed by atoms with van der Waals surface area (Å²) in [5.41, 5.74) is 1.05. The first-order valence-electron chi connectivity index (χ1n) is 6.60. The van der Waals surface area contributed by atoms with Crippen LogP contribution in [0.5, 0.6) is 0 Å². The molecule has 2 rings (SSSR count). The van der Waals surface area contributed by atoms with Gasteiger partial charge >= 0.3 is 0 Å². The van der Waals surface area contributed by atoms with Crippen LogP contribution in [0.4, 0.5) is 11.5 Å². The second-order valence-electron chi connectivity index (χ2n) is 4.97. The first-order chi connectivity index (χ1) is 9.97. The fraction of sp³-hybridized carbons (Fsp3) is 0.267. The van der Waals surface area contributed by atoms with Crippen molar-refractivity contribution in [1.29, 1.82) is 0 Å². The smallest absolute Gasteiger partial charge is 0.276 e. The zero-order chi connectivity index (χ0) is 15.4. The topological polar surface area (TPSA) is 59.3 Å². The van der Waals surface area contributed by atoms with Gasteiger partial charge in [-0.3, -0.25) is 10.1 Å². The number of hydrogen-bond donors (Lipinski definition) is 0. The number of anilines is 1. The fourth-order valence-electron chi connectivity index (χ4n) is 2.03. The van der Waals surface area contributed by atoms with Gasteiger partial charge in [-0.15, -0.1) is 0 Å². The highest BCUT2D eigenvalue weighted by Crippen LogP contribution is 2.25. The molecule has 1 aromatic heterocycles. The maximum absolute atomic E-state index is 11.0. The summed E-state index contributed by atoms with van der Waals surface area (Å²) in [4.78, 5) is 16.7. The molecule has 0 amide bonds. The van der Waals surface area contributed by atoms with E-state index in [4.69, 9.17) is 11.6 Å². The number of aromatic nitrogens is 1. The molecule has 0 unspecified atom stereocenters. The Morgan fingerprint density at radius 2 is 1.95 bits per heavy atom. The molecule has 0 atom stereocenters. The zero-order valence-electron chi connectivity index (χ0n) is 11.9. The van der Waals surface area contributed by atoms with Gasteiger partial charge in [-0.05, 0) is 19.4 Å². The van der Waals surface area contributed by atoms with E-state index in [0.717, 1.165) is 5.56 Å². The van der Waals surface area contributed by atoms with Gasteiger partial charge in [-0.1, -0.05) is 41.9 Å². The van der Waals surface area contributed by atoms with Crippen LogP contribution in [-0.2, 0) is 6.54 Å². The van der Waals surface area contributed by atoms with E-state index in [-0.39, 0.29) is 16.9 Å². The van der Waals surface area contributed by atoms with E-state index in [9.17, 15) is 10.1 Å². The molecule has 5 nitrogen and oxygen atoms in total. The van der Waals surface area contributed by atoms with Crippen LogP contribution < -0.4 is 4.90 Å². The minimum atomic E-state index is -0.460. The van der Waals surface area contributed by atoms with Crippen LogP contribution in [0.3, 0.4) is 0 Å². The summed E-state index contributed by atoms with van der Waals surface area (Å²) in [7, 11) is 0. The number of rotatable bonds is 5. The van der Waals surface area contributed by atoms with Crippen molar-refractivity contribution in [2.75, 3.05) is 4.90 Å². The largest absolute Gasteiger partial charge is 0.350 e. The molecular formula is C15H16ClN3O2. The van der Waals surface area contributed by atoms with Gasteiger partial charge in [0.25, 0.3) is 5.69 Å². The Kier molecular flexibility index (Phi) is 4.75. The first kappa shape index (κ1) is 15.3. The van der Waals surface area contributed by atoms with Crippen molar-refractivity contribution < 1.29 is 4.92 Å². The Bertz CT molecular complexity index is 632. The molecular weight excluding hydrogens is 290 g/mol. The summed E-state index contributed by atoms with van der Waals surface area (Å²) < 4.78 is 0. The lowest BCUT2D eigenvalue weighted by atomic mass is 10.2. The average Bonchev–Trinajstić information content (AvgIpc) is 2.44. The lowest BCUT2D eigenvalue weighted by Crippen LogP contribution is -2.31. The fourth-order valence-corrected chi connectivity index (χ4v) is 2.23. The molecule has 1 heterocycles. The molecule has 0 bridgehead atoms. The summed E-state index contributed by atoms with van der Waals surface area (Å²) in [5, 5.41) is 11.1. The Morgan fingerprint density at radius 3 is 2.52 bits per heavy atom. The number of nitrogens with zero attached hydrogens (tertiary/aromatic N) is 3. The predicted molar refractivity (Wildman–Crippen MR) is 83.7 cm³/mol. The summed E-state index contributed by atoms with van der Waals surface area (Å²) in [5.74, 6) is 0.507. The van der Waals surface area contributed by atoms with Crippen molar-refractivity contribution >= 4 is 23.1 Å². The first-order valence-corrected chi connectivity index (χ1v) is 6.97. The molecule has 0 N–H and O–H groups in total. The molecule has 0 aliphatic heterocycles. The van der Waals surface area contributed by atoms with Crippen molar-refractivity contribution in [2.45, 2.75) is 26.4 Å². The summed E-state index contributed by atoms with van der Waals surface area (Å²) in [6.07, 6.45) is 0. The van der Waals surface area contributed by atoms with E-state index in [1.54, 1.807) is 0 Å². The SMILES string of the molecule is CC(C)N(Cc1ccccc1)c1cc([N+](=O)[O-])cc(Cl)n1. The van der Waals surface area contributed by atoms with Crippen LogP contribution >= 0.6 is 11.6 Å². The zero-order valence-corrected chi connectivity index (χ0v) is 12.6. The quantitative estimate of drug-likeness (QED) is 0.475. The van der Waals surface area contributed by atoms with E-state index >= 15 is 0 Å². The third kappa shape index (κ3) is 3.92. The molecule has 0 fully saturated rings.